The van der Waals surface area contributed by atoms with E-state index in [-0.39, 0.29) is 23.7 Å². The second-order valence-corrected chi connectivity index (χ2v) is 7.03. The summed E-state index contributed by atoms with van der Waals surface area (Å²) in [6, 6.07) is 10.5. The van der Waals surface area contributed by atoms with Gasteiger partial charge in [-0.25, -0.2) is 14.5 Å². The average Bonchev–Trinajstić information content (AvgIpc) is 2.74. The summed E-state index contributed by atoms with van der Waals surface area (Å²) in [6.07, 6.45) is 0.233. The van der Waals surface area contributed by atoms with Crippen LogP contribution in [0.3, 0.4) is 0 Å². The monoisotopic (exact) mass is 438 g/mol. The van der Waals surface area contributed by atoms with E-state index < -0.39 is 29.9 Å². The number of ether oxygens (including phenoxy) is 2. The number of carbonyl (C=O) groups excluding carboxylic acids is 3. The fraction of sp³-hybridized carbons (Fsp3) is 0.217. The Morgan fingerprint density at radius 3 is 2.44 bits per heavy atom. The van der Waals surface area contributed by atoms with E-state index in [0.29, 0.717) is 11.3 Å². The van der Waals surface area contributed by atoms with Crippen LogP contribution in [0.5, 0.6) is 11.5 Å². The summed E-state index contributed by atoms with van der Waals surface area (Å²) < 4.78 is 10.9. The lowest BCUT2D eigenvalue weighted by Gasteiger charge is -2.26. The number of imide groups is 2. The molecule has 0 saturated carbocycles. The highest BCUT2D eigenvalue weighted by molar-refractivity contribution is 6.39. The average molecular weight is 438 g/mol. The van der Waals surface area contributed by atoms with Gasteiger partial charge in [-0.3, -0.25) is 14.9 Å². The first-order valence-electron chi connectivity index (χ1n) is 9.85. The molecule has 1 saturated heterocycles. The predicted molar refractivity (Wildman–Crippen MR) is 116 cm³/mol. The van der Waals surface area contributed by atoms with Crippen molar-refractivity contribution >= 4 is 35.6 Å². The molecule has 1 fully saturated rings. The molecule has 1 heterocycles. The van der Waals surface area contributed by atoms with E-state index in [1.807, 2.05) is 6.92 Å². The Balaban J connectivity index is 1.96. The maximum atomic E-state index is 13.0. The molecule has 0 spiro atoms. The van der Waals surface area contributed by atoms with Crippen molar-refractivity contribution in [2.45, 2.75) is 26.9 Å². The highest BCUT2D eigenvalue weighted by Crippen LogP contribution is 2.31. The summed E-state index contributed by atoms with van der Waals surface area (Å²) in [5.41, 5.74) is 1.48. The number of benzene rings is 2. The van der Waals surface area contributed by atoms with Crippen molar-refractivity contribution in [1.82, 2.24) is 5.32 Å². The zero-order valence-electron chi connectivity index (χ0n) is 17.7. The minimum atomic E-state index is -1.14. The Morgan fingerprint density at radius 1 is 1.12 bits per heavy atom. The Bertz CT molecular complexity index is 1110. The summed E-state index contributed by atoms with van der Waals surface area (Å²) in [7, 11) is 0. The minimum Gasteiger partial charge on any atom is -0.490 e. The third kappa shape index (κ3) is 4.77. The molecule has 1 aliphatic heterocycles. The Kier molecular flexibility index (Phi) is 6.58. The highest BCUT2D eigenvalue weighted by atomic mass is 16.5. The highest BCUT2D eigenvalue weighted by Gasteiger charge is 2.36. The smallest absolute Gasteiger partial charge is 0.344 e. The number of barbiturate groups is 1. The number of carbonyl (C=O) groups is 4. The van der Waals surface area contributed by atoms with Gasteiger partial charge in [-0.2, -0.15) is 0 Å². The molecule has 4 amide bonds. The van der Waals surface area contributed by atoms with Crippen LogP contribution in [0.2, 0.25) is 0 Å². The molecule has 0 bridgehead atoms. The van der Waals surface area contributed by atoms with E-state index >= 15 is 0 Å². The van der Waals surface area contributed by atoms with Gasteiger partial charge in [-0.1, -0.05) is 23.8 Å². The van der Waals surface area contributed by atoms with Crippen LogP contribution in [0.1, 0.15) is 25.0 Å². The summed E-state index contributed by atoms with van der Waals surface area (Å²) in [6.45, 7) is 5.29. The standard InChI is InChI=1S/C23H22N2O7/c1-4-31-19-12-15(7-10-18(19)32-14(3)22(28)29)11-17-20(26)24-23(30)25(21(17)27)16-8-5-13(2)6-9-16/h5-12,14H,4H2,1-3H3,(H,28,29)(H,24,26,30)/b17-11+/t14-/m1/s1. The first kappa shape index (κ1) is 22.5. The quantitative estimate of drug-likeness (QED) is 0.503. The molecule has 2 N–H and O–H groups in total. The zero-order chi connectivity index (χ0) is 23.4. The number of rotatable bonds is 7. The second kappa shape index (κ2) is 9.34. The molecule has 1 aliphatic rings. The molecule has 0 radical (unpaired) electrons. The number of carboxylic acids is 1. The predicted octanol–water partition coefficient (Wildman–Crippen LogP) is 2.91. The minimum absolute atomic E-state index is 0.208. The van der Waals surface area contributed by atoms with Gasteiger partial charge in [0.25, 0.3) is 11.8 Å². The lowest BCUT2D eigenvalue weighted by Crippen LogP contribution is -2.54. The largest absolute Gasteiger partial charge is 0.490 e. The molecule has 0 aliphatic carbocycles. The third-order valence-corrected chi connectivity index (χ3v) is 4.62. The van der Waals surface area contributed by atoms with Gasteiger partial charge in [0.2, 0.25) is 0 Å². The molecular formula is C23H22N2O7. The van der Waals surface area contributed by atoms with E-state index in [9.17, 15) is 19.2 Å². The van der Waals surface area contributed by atoms with Gasteiger partial charge in [0.1, 0.15) is 5.57 Å². The fourth-order valence-corrected chi connectivity index (χ4v) is 2.97. The number of nitrogens with one attached hydrogen (secondary N) is 1. The van der Waals surface area contributed by atoms with Gasteiger partial charge in [-0.05, 0) is 56.7 Å². The number of hydrogen-bond donors (Lipinski definition) is 2. The molecule has 0 aromatic heterocycles. The number of anilines is 1. The Hall–Kier alpha value is -4.14. The van der Waals surface area contributed by atoms with Crippen LogP contribution in [0.25, 0.3) is 6.08 Å². The van der Waals surface area contributed by atoms with Crippen LogP contribution >= 0.6 is 0 Å². The summed E-state index contributed by atoms with van der Waals surface area (Å²) >= 11 is 0. The maximum absolute atomic E-state index is 13.0. The SMILES string of the molecule is CCOc1cc(/C=C2\C(=O)NC(=O)N(c3ccc(C)cc3)C2=O)ccc1O[C@H](C)C(=O)O. The van der Waals surface area contributed by atoms with Gasteiger partial charge >= 0.3 is 12.0 Å². The number of hydrogen-bond acceptors (Lipinski definition) is 6. The number of aryl methyl sites for hydroxylation is 1. The van der Waals surface area contributed by atoms with Crippen molar-refractivity contribution in [2.24, 2.45) is 0 Å². The lowest BCUT2D eigenvalue weighted by atomic mass is 10.1. The van der Waals surface area contributed by atoms with E-state index in [4.69, 9.17) is 14.6 Å². The molecule has 1 atom stereocenters. The van der Waals surface area contributed by atoms with Crippen LogP contribution in [-0.2, 0) is 14.4 Å². The van der Waals surface area contributed by atoms with Crippen LogP contribution in [0.4, 0.5) is 10.5 Å². The molecule has 166 valence electrons. The Labute approximate surface area is 184 Å². The summed E-state index contributed by atoms with van der Waals surface area (Å²) in [5.74, 6) is -2.25. The normalized spacial score (nSPS) is 16.0. The Morgan fingerprint density at radius 2 is 1.81 bits per heavy atom. The number of amides is 4. The van der Waals surface area contributed by atoms with E-state index in [1.165, 1.54) is 25.1 Å². The molecule has 2 aromatic rings. The third-order valence-electron chi connectivity index (χ3n) is 4.62. The van der Waals surface area contributed by atoms with Crippen molar-refractivity contribution in [1.29, 1.82) is 0 Å². The lowest BCUT2D eigenvalue weighted by molar-refractivity contribution is -0.144. The number of aliphatic carboxylic acids is 1. The number of nitrogens with zero attached hydrogens (tertiary/aromatic N) is 1. The molecule has 9 heteroatoms. The second-order valence-electron chi connectivity index (χ2n) is 7.03. The first-order chi connectivity index (χ1) is 15.2. The molecule has 0 unspecified atom stereocenters. The van der Waals surface area contributed by atoms with Gasteiger partial charge < -0.3 is 14.6 Å². The van der Waals surface area contributed by atoms with Crippen LogP contribution < -0.4 is 19.7 Å². The van der Waals surface area contributed by atoms with Crippen molar-refractivity contribution in [3.8, 4) is 11.5 Å². The molecule has 2 aromatic carbocycles. The summed E-state index contributed by atoms with van der Waals surface area (Å²) in [4.78, 5) is 49.6. The fourth-order valence-electron chi connectivity index (χ4n) is 2.97. The molecular weight excluding hydrogens is 416 g/mol. The van der Waals surface area contributed by atoms with E-state index in [0.717, 1.165) is 10.5 Å². The summed E-state index contributed by atoms with van der Waals surface area (Å²) in [5, 5.41) is 11.2. The van der Waals surface area contributed by atoms with Crippen LogP contribution in [0, 0.1) is 6.92 Å². The van der Waals surface area contributed by atoms with Crippen LogP contribution in [0.15, 0.2) is 48.0 Å². The van der Waals surface area contributed by atoms with Gasteiger partial charge in [-0.15, -0.1) is 0 Å². The van der Waals surface area contributed by atoms with Gasteiger partial charge in [0, 0.05) is 0 Å². The topological polar surface area (TPSA) is 122 Å². The molecule has 32 heavy (non-hydrogen) atoms. The molecule has 9 nitrogen and oxygen atoms in total. The van der Waals surface area contributed by atoms with Crippen molar-refractivity contribution < 1.29 is 33.8 Å². The molecule has 3 rings (SSSR count). The van der Waals surface area contributed by atoms with Gasteiger partial charge in [0.15, 0.2) is 17.6 Å². The zero-order valence-corrected chi connectivity index (χ0v) is 17.7. The van der Waals surface area contributed by atoms with Crippen molar-refractivity contribution in [2.75, 3.05) is 11.5 Å². The number of urea groups is 1. The van der Waals surface area contributed by atoms with Crippen LogP contribution in [-0.4, -0.2) is 41.6 Å². The van der Waals surface area contributed by atoms with Crippen molar-refractivity contribution in [3.05, 3.63) is 59.2 Å². The van der Waals surface area contributed by atoms with Crippen molar-refractivity contribution in [3.63, 3.8) is 0 Å². The maximum Gasteiger partial charge on any atom is 0.344 e. The van der Waals surface area contributed by atoms with E-state index in [1.54, 1.807) is 37.3 Å². The van der Waals surface area contributed by atoms with E-state index in [2.05, 4.69) is 5.32 Å². The number of carboxylic acid groups (broad SMARTS) is 1. The first-order valence-corrected chi connectivity index (χ1v) is 9.85. The van der Waals surface area contributed by atoms with Gasteiger partial charge in [0.05, 0.1) is 12.3 Å².